The fraction of sp³-hybridized carbons (Fsp3) is 0.364. The number of benzene rings is 2. The smallest absolute Gasteiger partial charge is 0.326 e. The van der Waals surface area contributed by atoms with Crippen molar-refractivity contribution in [2.45, 2.75) is 51.1 Å². The minimum absolute atomic E-state index is 0.0363. The molecule has 0 fully saturated rings. The van der Waals surface area contributed by atoms with Gasteiger partial charge >= 0.3 is 5.97 Å². The molecular weight excluding hydrogens is 404 g/mol. The average Bonchev–Trinajstić information content (AvgIpc) is 2.66. The van der Waals surface area contributed by atoms with Gasteiger partial charge in [0.25, 0.3) is 0 Å². The van der Waals surface area contributed by atoms with Gasteiger partial charge in [0.1, 0.15) is 12.1 Å². The summed E-state index contributed by atoms with van der Waals surface area (Å²) in [5.74, 6) is -1.89. The fourth-order valence-electron chi connectivity index (χ4n) is 2.87. The van der Waals surface area contributed by atoms with E-state index in [1.165, 1.54) is 12.1 Å². The largest absolute Gasteiger partial charge is 0.480 e. The summed E-state index contributed by atoms with van der Waals surface area (Å²) in [7, 11) is -3.98. The van der Waals surface area contributed by atoms with Gasteiger partial charge in [-0.1, -0.05) is 68.8 Å². The Hall–Kier alpha value is -2.71. The van der Waals surface area contributed by atoms with Gasteiger partial charge in [-0.15, -0.1) is 0 Å². The molecule has 2 atom stereocenters. The predicted octanol–water partition coefficient (Wildman–Crippen LogP) is 2.50. The van der Waals surface area contributed by atoms with Crippen molar-refractivity contribution in [2.24, 2.45) is 5.41 Å². The molecule has 0 aliphatic rings. The molecule has 30 heavy (non-hydrogen) atoms. The molecule has 0 bridgehead atoms. The normalized spacial score (nSPS) is 14.0. The molecule has 7 nitrogen and oxygen atoms in total. The Morgan fingerprint density at radius 3 is 2.07 bits per heavy atom. The van der Waals surface area contributed by atoms with E-state index in [0.29, 0.717) is 0 Å². The van der Waals surface area contributed by atoms with Crippen LogP contribution >= 0.6 is 0 Å². The second-order valence-electron chi connectivity index (χ2n) is 8.32. The van der Waals surface area contributed by atoms with Crippen LogP contribution in [0.15, 0.2) is 59.5 Å². The molecule has 0 aliphatic heterocycles. The van der Waals surface area contributed by atoms with Crippen LogP contribution in [0.25, 0.3) is 0 Å². The zero-order valence-electron chi connectivity index (χ0n) is 17.5. The van der Waals surface area contributed by atoms with Crippen LogP contribution in [0.4, 0.5) is 0 Å². The number of aliphatic carboxylic acids is 1. The van der Waals surface area contributed by atoms with E-state index in [9.17, 15) is 23.1 Å². The van der Waals surface area contributed by atoms with Crippen molar-refractivity contribution in [1.29, 1.82) is 0 Å². The third kappa shape index (κ3) is 6.40. The number of carboxylic acids is 1. The maximum atomic E-state index is 13.0. The Morgan fingerprint density at radius 1 is 1.00 bits per heavy atom. The average molecular weight is 433 g/mol. The van der Waals surface area contributed by atoms with E-state index < -0.39 is 39.4 Å². The Labute approximate surface area is 177 Å². The first kappa shape index (κ1) is 23.6. The van der Waals surface area contributed by atoms with Crippen LogP contribution in [0.2, 0.25) is 0 Å². The number of aryl methyl sites for hydroxylation is 1. The van der Waals surface area contributed by atoms with Gasteiger partial charge in [-0.3, -0.25) is 4.79 Å². The number of carboxylic acid groups (broad SMARTS) is 1. The monoisotopic (exact) mass is 432 g/mol. The summed E-state index contributed by atoms with van der Waals surface area (Å²) in [4.78, 5) is 24.7. The predicted molar refractivity (Wildman–Crippen MR) is 114 cm³/mol. The Balaban J connectivity index is 2.24. The van der Waals surface area contributed by atoms with Crippen molar-refractivity contribution in [3.63, 3.8) is 0 Å². The van der Waals surface area contributed by atoms with Gasteiger partial charge in [0.05, 0.1) is 4.90 Å². The lowest BCUT2D eigenvalue weighted by Crippen LogP contribution is -2.56. The van der Waals surface area contributed by atoms with E-state index in [4.69, 9.17) is 0 Å². The van der Waals surface area contributed by atoms with Gasteiger partial charge in [0.2, 0.25) is 15.9 Å². The number of carbonyl (C=O) groups is 2. The zero-order valence-corrected chi connectivity index (χ0v) is 18.4. The quantitative estimate of drug-likeness (QED) is 0.593. The summed E-state index contributed by atoms with van der Waals surface area (Å²) >= 11 is 0. The lowest BCUT2D eigenvalue weighted by atomic mass is 9.86. The molecule has 0 aromatic heterocycles. The lowest BCUT2D eigenvalue weighted by molar-refractivity contribution is -0.142. The topological polar surface area (TPSA) is 113 Å². The number of hydrogen-bond acceptors (Lipinski definition) is 4. The van der Waals surface area contributed by atoms with Gasteiger partial charge in [-0.2, -0.15) is 4.72 Å². The Morgan fingerprint density at radius 2 is 1.57 bits per heavy atom. The Bertz CT molecular complexity index is 980. The maximum Gasteiger partial charge on any atom is 0.326 e. The molecule has 0 saturated heterocycles. The molecule has 0 unspecified atom stereocenters. The molecule has 0 heterocycles. The second-order valence-corrected chi connectivity index (χ2v) is 10.0. The van der Waals surface area contributed by atoms with Crippen molar-refractivity contribution in [1.82, 2.24) is 10.0 Å². The summed E-state index contributed by atoms with van der Waals surface area (Å²) in [5.41, 5.74) is 0.861. The first-order valence-corrected chi connectivity index (χ1v) is 11.0. The van der Waals surface area contributed by atoms with Crippen molar-refractivity contribution >= 4 is 21.9 Å². The number of carbonyl (C=O) groups excluding carboxylic acids is 1. The summed E-state index contributed by atoms with van der Waals surface area (Å²) < 4.78 is 28.1. The molecular formula is C22H28N2O5S. The third-order valence-corrected chi connectivity index (χ3v) is 6.07. The van der Waals surface area contributed by atoms with Crippen molar-refractivity contribution < 1.29 is 23.1 Å². The number of amides is 1. The van der Waals surface area contributed by atoms with E-state index in [1.807, 2.05) is 13.0 Å². The number of sulfonamides is 1. The van der Waals surface area contributed by atoms with Gasteiger partial charge < -0.3 is 10.4 Å². The standard InChI is InChI=1S/C22H28N2O5S/c1-15-10-12-17(13-11-15)30(28,29)24-19(22(2,3)4)20(25)23-18(21(26)27)14-16-8-6-5-7-9-16/h5-13,18-19,24H,14H2,1-4H3,(H,23,25)(H,26,27)/t18-,19+/m0/s1. The van der Waals surface area contributed by atoms with Crippen LogP contribution in [0.1, 0.15) is 31.9 Å². The summed E-state index contributed by atoms with van der Waals surface area (Å²) in [6.45, 7) is 6.97. The van der Waals surface area contributed by atoms with Crippen LogP contribution in [-0.2, 0) is 26.0 Å². The van der Waals surface area contributed by atoms with E-state index >= 15 is 0 Å². The van der Waals surface area contributed by atoms with E-state index in [0.717, 1.165) is 11.1 Å². The van der Waals surface area contributed by atoms with Gasteiger partial charge in [0.15, 0.2) is 0 Å². The molecule has 2 rings (SSSR count). The molecule has 2 aromatic carbocycles. The van der Waals surface area contributed by atoms with E-state index in [2.05, 4.69) is 10.0 Å². The van der Waals surface area contributed by atoms with Crippen molar-refractivity contribution in [3.05, 3.63) is 65.7 Å². The summed E-state index contributed by atoms with van der Waals surface area (Å²) in [6, 6.07) is 12.8. The van der Waals surface area contributed by atoms with Gasteiger partial charge in [0, 0.05) is 6.42 Å². The van der Waals surface area contributed by atoms with Gasteiger partial charge in [-0.25, -0.2) is 13.2 Å². The molecule has 162 valence electrons. The third-order valence-electron chi connectivity index (χ3n) is 4.63. The lowest BCUT2D eigenvalue weighted by Gasteiger charge is -2.31. The minimum atomic E-state index is -3.98. The fourth-order valence-corrected chi connectivity index (χ4v) is 4.27. The second kappa shape index (κ2) is 9.40. The summed E-state index contributed by atoms with van der Waals surface area (Å²) in [6.07, 6.45) is 0.0868. The van der Waals surface area contributed by atoms with Crippen molar-refractivity contribution in [2.75, 3.05) is 0 Å². The molecule has 0 aliphatic carbocycles. The van der Waals surface area contributed by atoms with Crippen molar-refractivity contribution in [3.8, 4) is 0 Å². The van der Waals surface area contributed by atoms with Crippen LogP contribution in [-0.4, -0.2) is 37.5 Å². The first-order valence-electron chi connectivity index (χ1n) is 9.56. The highest BCUT2D eigenvalue weighted by molar-refractivity contribution is 7.89. The van der Waals surface area contributed by atoms with Gasteiger partial charge in [-0.05, 0) is 30.0 Å². The van der Waals surface area contributed by atoms with Crippen LogP contribution in [0.5, 0.6) is 0 Å². The number of rotatable bonds is 8. The highest BCUT2D eigenvalue weighted by Crippen LogP contribution is 2.22. The number of hydrogen-bond donors (Lipinski definition) is 3. The Kier molecular flexibility index (Phi) is 7.39. The highest BCUT2D eigenvalue weighted by atomic mass is 32.2. The van der Waals surface area contributed by atoms with Crippen LogP contribution in [0, 0.1) is 12.3 Å². The summed E-state index contributed by atoms with van der Waals surface area (Å²) in [5, 5.41) is 12.0. The zero-order chi connectivity index (χ0) is 22.5. The van der Waals surface area contributed by atoms with E-state index in [-0.39, 0.29) is 11.3 Å². The molecule has 2 aromatic rings. The minimum Gasteiger partial charge on any atom is -0.480 e. The molecule has 0 radical (unpaired) electrons. The molecule has 3 N–H and O–H groups in total. The number of nitrogens with one attached hydrogen (secondary N) is 2. The maximum absolute atomic E-state index is 13.0. The highest BCUT2D eigenvalue weighted by Gasteiger charge is 2.37. The SMILES string of the molecule is Cc1ccc(S(=O)(=O)N[C@H](C(=O)N[C@@H](Cc2ccccc2)C(=O)O)C(C)(C)C)cc1. The molecule has 1 amide bonds. The molecule has 0 saturated carbocycles. The van der Waals surface area contributed by atoms with Crippen LogP contribution in [0.3, 0.4) is 0 Å². The molecule has 0 spiro atoms. The molecule has 8 heteroatoms. The van der Waals surface area contributed by atoms with Crippen LogP contribution < -0.4 is 10.0 Å². The first-order chi connectivity index (χ1) is 13.9. The van der Waals surface area contributed by atoms with E-state index in [1.54, 1.807) is 57.2 Å².